The molecule has 0 saturated carbocycles. The second-order valence-electron chi connectivity index (χ2n) is 21.0. The standard InChI is InChI=1S/C55H85N11O17/c1-6-7-8-9-10-11-12-13-14-15-16-17-18-43(71)65-48-33(5)83-55(82)47(31(2)3)66-53(80)38(26-34-19-21-35(68)22-20-34)60-44(72)29-59-50(77)40(28-46(74)75)64-52(79)39(27-42(57)70)61-45(73)30-58-49(76)37(25-32(4)67)63-51(78)36(62-54(48)81)23-24-41(56)69/h19-22,31,33,36-40,47-48,68H,6-18,23-30H2,1-5H3,(H2,56,69)(H2,57,70)(H,58,76)(H,59,77)(H,60,72)(H,61,73)(H,62,81)(H,63,78)(H,64,79)(H,65,71)(H,66,80)(H,74,75). The molecule has 28 heteroatoms. The molecular weight excluding hydrogens is 1090 g/mol. The average Bonchev–Trinajstić information content (AvgIpc) is 3.47. The molecule has 0 radical (unpaired) electrons. The Bertz CT molecular complexity index is 2420. The molecule has 0 spiro atoms. The molecule has 1 aliphatic rings. The highest BCUT2D eigenvalue weighted by Crippen LogP contribution is 2.16. The van der Waals surface area contributed by atoms with E-state index in [1.165, 1.54) is 77.1 Å². The summed E-state index contributed by atoms with van der Waals surface area (Å²) in [6.45, 7) is 5.60. The highest BCUT2D eigenvalue weighted by Gasteiger charge is 2.38. The summed E-state index contributed by atoms with van der Waals surface area (Å²) in [7, 11) is 0. The van der Waals surface area contributed by atoms with Gasteiger partial charge >= 0.3 is 11.9 Å². The van der Waals surface area contributed by atoms with Crippen LogP contribution in [0.25, 0.3) is 0 Å². The number of ether oxygens (including phenoxy) is 1. The minimum absolute atomic E-state index is 0.0717. The van der Waals surface area contributed by atoms with Gasteiger partial charge in [-0.3, -0.25) is 62.3 Å². The molecule has 11 amide bonds. The first kappa shape index (κ1) is 70.9. The zero-order valence-corrected chi connectivity index (χ0v) is 48.0. The number of cyclic esters (lactones) is 1. The van der Waals surface area contributed by atoms with Gasteiger partial charge in [-0.1, -0.05) is 104 Å². The van der Waals surface area contributed by atoms with Gasteiger partial charge in [-0.15, -0.1) is 0 Å². The molecule has 1 heterocycles. The van der Waals surface area contributed by atoms with Crippen LogP contribution in [0.3, 0.4) is 0 Å². The number of carbonyl (C=O) groups is 14. The molecule has 462 valence electrons. The fourth-order valence-electron chi connectivity index (χ4n) is 8.65. The number of carboxylic acid groups (broad SMARTS) is 1. The van der Waals surface area contributed by atoms with E-state index in [-0.39, 0.29) is 18.6 Å². The third-order valence-electron chi connectivity index (χ3n) is 13.2. The van der Waals surface area contributed by atoms with E-state index in [1.54, 1.807) is 0 Å². The monoisotopic (exact) mass is 1170 g/mol. The number of benzene rings is 1. The lowest BCUT2D eigenvalue weighted by molar-refractivity contribution is -0.157. The maximum absolute atomic E-state index is 14.4. The average molecular weight is 1170 g/mol. The molecule has 0 aliphatic carbocycles. The number of carboxylic acids is 1. The Kier molecular flexibility index (Phi) is 32.2. The van der Waals surface area contributed by atoms with Crippen molar-refractivity contribution in [1.29, 1.82) is 0 Å². The van der Waals surface area contributed by atoms with Crippen molar-refractivity contribution in [3.05, 3.63) is 29.8 Å². The minimum atomic E-state index is -1.97. The largest absolute Gasteiger partial charge is 0.508 e. The molecule has 1 aliphatic heterocycles. The Hall–Kier alpha value is -8.20. The summed E-state index contributed by atoms with van der Waals surface area (Å²) in [5.74, 6) is -16.4. The van der Waals surface area contributed by atoms with Crippen molar-refractivity contribution in [3.8, 4) is 5.75 Å². The van der Waals surface area contributed by atoms with Gasteiger partial charge < -0.3 is 74.3 Å². The molecule has 1 aromatic carbocycles. The van der Waals surface area contributed by atoms with E-state index in [9.17, 15) is 77.3 Å². The maximum atomic E-state index is 14.4. The number of nitrogens with two attached hydrogens (primary N) is 2. The van der Waals surface area contributed by atoms with Gasteiger partial charge in [0.2, 0.25) is 65.0 Å². The number of esters is 1. The minimum Gasteiger partial charge on any atom is -0.508 e. The number of rotatable bonds is 26. The predicted molar refractivity (Wildman–Crippen MR) is 297 cm³/mol. The van der Waals surface area contributed by atoms with Crippen LogP contribution in [0, 0.1) is 5.92 Å². The Balaban J connectivity index is 2.67. The third-order valence-corrected chi connectivity index (χ3v) is 13.2. The molecule has 1 saturated heterocycles. The van der Waals surface area contributed by atoms with Crippen LogP contribution in [-0.2, 0) is 78.3 Å². The number of aromatic hydroxyl groups is 1. The number of amides is 11. The Labute approximate surface area is 482 Å². The van der Waals surface area contributed by atoms with Crippen LogP contribution in [0.4, 0.5) is 0 Å². The zero-order chi connectivity index (χ0) is 62.2. The van der Waals surface area contributed by atoms with Gasteiger partial charge in [-0.25, -0.2) is 4.79 Å². The van der Waals surface area contributed by atoms with Crippen molar-refractivity contribution in [1.82, 2.24) is 47.9 Å². The van der Waals surface area contributed by atoms with Crippen molar-refractivity contribution >= 4 is 82.7 Å². The van der Waals surface area contributed by atoms with Crippen molar-refractivity contribution in [3.63, 3.8) is 0 Å². The van der Waals surface area contributed by atoms with Crippen molar-refractivity contribution in [2.45, 2.75) is 205 Å². The number of primary amides is 2. The summed E-state index contributed by atoms with van der Waals surface area (Å²) in [4.78, 5) is 186. The number of aliphatic carboxylic acids is 1. The number of ketones is 1. The first-order chi connectivity index (χ1) is 39.2. The lowest BCUT2D eigenvalue weighted by atomic mass is 10.0. The highest BCUT2D eigenvalue weighted by atomic mass is 16.5. The summed E-state index contributed by atoms with van der Waals surface area (Å²) in [6, 6.07) is -6.78. The number of phenolic OH excluding ortho intramolecular Hbond substituents is 1. The molecule has 1 aromatic rings. The van der Waals surface area contributed by atoms with Crippen LogP contribution in [0.1, 0.15) is 156 Å². The van der Waals surface area contributed by atoms with Crippen LogP contribution >= 0.6 is 0 Å². The van der Waals surface area contributed by atoms with E-state index in [1.807, 2.05) is 0 Å². The third kappa shape index (κ3) is 28.9. The van der Waals surface area contributed by atoms with Gasteiger partial charge in [-0.05, 0) is 50.3 Å². The van der Waals surface area contributed by atoms with Crippen LogP contribution < -0.4 is 59.3 Å². The van der Waals surface area contributed by atoms with E-state index in [0.29, 0.717) is 18.4 Å². The van der Waals surface area contributed by atoms with E-state index >= 15 is 0 Å². The number of hydrogen-bond acceptors (Lipinski definition) is 16. The number of nitrogens with one attached hydrogen (secondary N) is 9. The molecule has 0 bridgehead atoms. The maximum Gasteiger partial charge on any atom is 0.329 e. The summed E-state index contributed by atoms with van der Waals surface area (Å²) in [5, 5.41) is 40.3. The van der Waals surface area contributed by atoms with Gasteiger partial charge in [0, 0.05) is 25.7 Å². The number of unbranched alkanes of at least 4 members (excludes halogenated alkanes) is 11. The van der Waals surface area contributed by atoms with Crippen molar-refractivity contribution in [2.24, 2.45) is 17.4 Å². The molecule has 8 unspecified atom stereocenters. The van der Waals surface area contributed by atoms with Gasteiger partial charge in [-0.2, -0.15) is 0 Å². The van der Waals surface area contributed by atoms with Gasteiger partial charge in [0.25, 0.3) is 0 Å². The first-order valence-electron chi connectivity index (χ1n) is 28.1. The van der Waals surface area contributed by atoms with Crippen LogP contribution in [0.5, 0.6) is 5.75 Å². The molecule has 0 aromatic heterocycles. The summed E-state index contributed by atoms with van der Waals surface area (Å²) >= 11 is 0. The van der Waals surface area contributed by atoms with E-state index in [4.69, 9.17) is 16.2 Å². The lowest BCUT2D eigenvalue weighted by Gasteiger charge is -2.30. The lowest BCUT2D eigenvalue weighted by Crippen LogP contribution is -2.60. The SMILES string of the molecule is CCCCCCCCCCCCCCC(=O)NC1C(=O)NC(CCC(N)=O)C(=O)NC(CC(C)=O)C(=O)NCC(=O)NC(CC(N)=O)C(=O)NC(CC(=O)O)C(=O)NCC(=O)NC(Cc2ccc(O)cc2)C(=O)NC(C(C)C)C(=O)OC1C. The van der Waals surface area contributed by atoms with Gasteiger partial charge in [0.15, 0.2) is 0 Å². The fraction of sp³-hybridized carbons (Fsp3) is 0.636. The van der Waals surface area contributed by atoms with Crippen LogP contribution in [0.2, 0.25) is 0 Å². The number of hydrogen-bond donors (Lipinski definition) is 13. The molecule has 28 nitrogen and oxygen atoms in total. The Morgan fingerprint density at radius 1 is 0.590 bits per heavy atom. The summed E-state index contributed by atoms with van der Waals surface area (Å²) in [6.07, 6.45) is 6.49. The van der Waals surface area contributed by atoms with Gasteiger partial charge in [0.1, 0.15) is 59.9 Å². The summed E-state index contributed by atoms with van der Waals surface area (Å²) < 4.78 is 5.78. The first-order valence-corrected chi connectivity index (χ1v) is 28.1. The van der Waals surface area contributed by atoms with E-state index in [2.05, 4.69) is 54.8 Å². The fourth-order valence-corrected chi connectivity index (χ4v) is 8.65. The topological polar surface area (TPSA) is 449 Å². The quantitative estimate of drug-likeness (QED) is 0.0385. The number of Topliss-reactive ketones (excluding diaryl/α,β-unsaturated/α-hetero) is 1. The van der Waals surface area contributed by atoms with Crippen LogP contribution in [-0.4, -0.2) is 154 Å². The normalized spacial score (nSPS) is 22.3. The summed E-state index contributed by atoms with van der Waals surface area (Å²) in [5.41, 5.74) is 11.1. The van der Waals surface area contributed by atoms with E-state index in [0.717, 1.165) is 39.0 Å². The smallest absolute Gasteiger partial charge is 0.329 e. The molecule has 2 rings (SSSR count). The number of phenols is 1. The molecule has 8 atom stereocenters. The molecule has 15 N–H and O–H groups in total. The molecule has 83 heavy (non-hydrogen) atoms. The van der Waals surface area contributed by atoms with Crippen molar-refractivity contribution < 1.29 is 82.1 Å². The second-order valence-corrected chi connectivity index (χ2v) is 21.0. The molecule has 1 fully saturated rings. The predicted octanol–water partition coefficient (Wildman–Crippen LogP) is -1.15. The van der Waals surface area contributed by atoms with Gasteiger partial charge in [0.05, 0.1) is 25.9 Å². The highest BCUT2D eigenvalue weighted by molar-refractivity contribution is 6.00. The van der Waals surface area contributed by atoms with Crippen LogP contribution in [0.15, 0.2) is 24.3 Å². The number of carbonyl (C=O) groups excluding carboxylic acids is 13. The Morgan fingerprint density at radius 3 is 1.55 bits per heavy atom. The van der Waals surface area contributed by atoms with E-state index < -0.39 is 182 Å². The Morgan fingerprint density at radius 2 is 1.06 bits per heavy atom. The molecular formula is C55H85N11O17. The van der Waals surface area contributed by atoms with Crippen molar-refractivity contribution in [2.75, 3.05) is 13.1 Å². The zero-order valence-electron chi connectivity index (χ0n) is 48.0. The second kappa shape index (κ2) is 37.7.